The van der Waals surface area contributed by atoms with Crippen LogP contribution in [0.1, 0.15) is 25.3 Å². The Morgan fingerprint density at radius 2 is 1.95 bits per heavy atom. The third-order valence-electron chi connectivity index (χ3n) is 3.22. The first kappa shape index (κ1) is 15.4. The van der Waals surface area contributed by atoms with Gasteiger partial charge in [0.05, 0.1) is 11.3 Å². The molecule has 6 heteroatoms. The summed E-state index contributed by atoms with van der Waals surface area (Å²) in [7, 11) is 1.42. The van der Waals surface area contributed by atoms with Gasteiger partial charge in [0, 0.05) is 32.2 Å². The minimum Gasteiger partial charge on any atom is -0.467 e. The van der Waals surface area contributed by atoms with Crippen molar-refractivity contribution in [3.05, 3.63) is 35.4 Å². The number of halogens is 2. The first-order chi connectivity index (χ1) is 10.1. The van der Waals surface area contributed by atoms with Gasteiger partial charge in [0.1, 0.15) is 17.4 Å². The Balaban J connectivity index is 2.39. The van der Waals surface area contributed by atoms with Gasteiger partial charge in [0.15, 0.2) is 6.79 Å². The lowest BCUT2D eigenvalue weighted by Gasteiger charge is -2.28. The van der Waals surface area contributed by atoms with E-state index in [0.29, 0.717) is 19.4 Å². The Labute approximate surface area is 121 Å². The summed E-state index contributed by atoms with van der Waals surface area (Å²) in [5.41, 5.74) is 0.0803. The third-order valence-corrected chi connectivity index (χ3v) is 3.22. The second-order valence-electron chi connectivity index (χ2n) is 4.58. The predicted octanol–water partition coefficient (Wildman–Crippen LogP) is 2.93. The molecule has 0 fully saturated rings. The summed E-state index contributed by atoms with van der Waals surface area (Å²) in [5.74, 6) is -1.61. The van der Waals surface area contributed by atoms with Gasteiger partial charge in [0.25, 0.3) is 0 Å². The first-order valence-corrected chi connectivity index (χ1v) is 6.70. The van der Waals surface area contributed by atoms with E-state index >= 15 is 0 Å². The number of ether oxygens (including phenoxy) is 2. The van der Waals surface area contributed by atoms with Gasteiger partial charge >= 0.3 is 0 Å². The highest BCUT2D eigenvalue weighted by Gasteiger charge is 2.26. The van der Waals surface area contributed by atoms with Crippen molar-refractivity contribution in [1.29, 1.82) is 0 Å². The van der Waals surface area contributed by atoms with Crippen molar-refractivity contribution >= 4 is 11.6 Å². The summed E-state index contributed by atoms with van der Waals surface area (Å²) >= 11 is 0. The molecule has 0 saturated heterocycles. The highest BCUT2D eigenvalue weighted by atomic mass is 19.1. The summed E-state index contributed by atoms with van der Waals surface area (Å²) in [6.45, 7) is 2.04. The van der Waals surface area contributed by atoms with E-state index in [9.17, 15) is 13.6 Å². The summed E-state index contributed by atoms with van der Waals surface area (Å²) in [6.07, 6.45) is 2.52. The zero-order valence-corrected chi connectivity index (χ0v) is 12.0. The van der Waals surface area contributed by atoms with Gasteiger partial charge in [-0.3, -0.25) is 4.79 Å². The average Bonchev–Trinajstić information content (AvgIpc) is 2.44. The number of benzene rings is 1. The molecule has 0 atom stereocenters. The standard InChI is InChI=1S/C15H17F2NO3/c1-3-18-13(5-4-6-14(18)19)15-11(16)7-10(8-12(15)17)21-9-20-2/h5,7-8H,3-4,6,9H2,1-2H3. The molecule has 1 aliphatic rings. The van der Waals surface area contributed by atoms with Crippen LogP contribution in [-0.2, 0) is 9.53 Å². The van der Waals surface area contributed by atoms with E-state index in [1.807, 2.05) is 0 Å². The summed E-state index contributed by atoms with van der Waals surface area (Å²) < 4.78 is 38.2. The second kappa shape index (κ2) is 6.67. The molecule has 1 heterocycles. The molecule has 1 aliphatic heterocycles. The number of nitrogens with zero attached hydrogens (tertiary/aromatic N) is 1. The van der Waals surface area contributed by atoms with Crippen molar-refractivity contribution in [1.82, 2.24) is 4.90 Å². The lowest BCUT2D eigenvalue weighted by atomic mass is 10.0. The number of hydrogen-bond acceptors (Lipinski definition) is 3. The monoisotopic (exact) mass is 297 g/mol. The Kier molecular flexibility index (Phi) is 4.90. The van der Waals surface area contributed by atoms with Crippen LogP contribution in [0, 0.1) is 11.6 Å². The zero-order valence-electron chi connectivity index (χ0n) is 12.0. The summed E-state index contributed by atoms with van der Waals surface area (Å²) in [4.78, 5) is 13.2. The van der Waals surface area contributed by atoms with Gasteiger partial charge < -0.3 is 14.4 Å². The molecule has 1 amide bonds. The lowest BCUT2D eigenvalue weighted by molar-refractivity contribution is -0.128. The van der Waals surface area contributed by atoms with E-state index < -0.39 is 11.6 Å². The lowest BCUT2D eigenvalue weighted by Crippen LogP contribution is -2.32. The normalized spacial score (nSPS) is 15.1. The first-order valence-electron chi connectivity index (χ1n) is 6.70. The van der Waals surface area contributed by atoms with E-state index in [1.165, 1.54) is 12.0 Å². The molecule has 0 saturated carbocycles. The van der Waals surface area contributed by atoms with Crippen LogP contribution < -0.4 is 4.74 Å². The molecule has 1 aromatic carbocycles. The Bertz CT molecular complexity index is 549. The minimum atomic E-state index is -0.763. The number of allylic oxidation sites excluding steroid dienone is 1. The van der Waals surface area contributed by atoms with Gasteiger partial charge in [-0.25, -0.2) is 8.78 Å². The van der Waals surface area contributed by atoms with Crippen LogP contribution in [0.25, 0.3) is 5.70 Å². The van der Waals surface area contributed by atoms with Gasteiger partial charge in [-0.2, -0.15) is 0 Å². The van der Waals surface area contributed by atoms with Crippen LogP contribution in [0.3, 0.4) is 0 Å². The van der Waals surface area contributed by atoms with Crippen molar-refractivity contribution < 1.29 is 23.0 Å². The van der Waals surface area contributed by atoms with E-state index in [4.69, 9.17) is 4.74 Å². The molecule has 114 valence electrons. The van der Waals surface area contributed by atoms with Crippen LogP contribution in [0.5, 0.6) is 5.75 Å². The number of hydrogen-bond donors (Lipinski definition) is 0. The van der Waals surface area contributed by atoms with E-state index in [-0.39, 0.29) is 29.7 Å². The molecule has 0 unspecified atom stereocenters. The van der Waals surface area contributed by atoms with Crippen LogP contribution >= 0.6 is 0 Å². The highest BCUT2D eigenvalue weighted by molar-refractivity contribution is 5.89. The van der Waals surface area contributed by atoms with E-state index in [0.717, 1.165) is 12.1 Å². The van der Waals surface area contributed by atoms with Crippen LogP contribution in [0.4, 0.5) is 8.78 Å². The molecule has 1 aromatic rings. The zero-order chi connectivity index (χ0) is 15.4. The van der Waals surface area contributed by atoms with Crippen molar-refractivity contribution in [2.45, 2.75) is 19.8 Å². The number of methoxy groups -OCH3 is 1. The highest BCUT2D eigenvalue weighted by Crippen LogP contribution is 2.31. The average molecular weight is 297 g/mol. The van der Waals surface area contributed by atoms with Gasteiger partial charge in [-0.1, -0.05) is 6.08 Å². The molecule has 0 N–H and O–H groups in total. The SMILES string of the molecule is CCN1C(=O)CCC=C1c1c(F)cc(OCOC)cc1F. The summed E-state index contributed by atoms with van der Waals surface area (Å²) in [5, 5.41) is 0. The predicted molar refractivity (Wildman–Crippen MR) is 73.5 cm³/mol. The topological polar surface area (TPSA) is 38.8 Å². The largest absolute Gasteiger partial charge is 0.467 e. The minimum absolute atomic E-state index is 0.0429. The molecular weight excluding hydrogens is 280 g/mol. The van der Waals surface area contributed by atoms with Crippen molar-refractivity contribution in [2.75, 3.05) is 20.4 Å². The summed E-state index contributed by atoms with van der Waals surface area (Å²) in [6, 6.07) is 2.18. The van der Waals surface area contributed by atoms with Crippen LogP contribution in [-0.4, -0.2) is 31.3 Å². The molecule has 0 aliphatic carbocycles. The fourth-order valence-electron chi connectivity index (χ4n) is 2.30. The van der Waals surface area contributed by atoms with Crippen molar-refractivity contribution in [2.24, 2.45) is 0 Å². The maximum atomic E-state index is 14.2. The fourth-order valence-corrected chi connectivity index (χ4v) is 2.30. The number of carbonyl (C=O) groups is 1. The molecule has 0 radical (unpaired) electrons. The second-order valence-corrected chi connectivity index (χ2v) is 4.58. The Morgan fingerprint density at radius 3 is 2.52 bits per heavy atom. The third kappa shape index (κ3) is 3.21. The molecule has 0 aromatic heterocycles. The number of rotatable bonds is 5. The van der Waals surface area contributed by atoms with E-state index in [1.54, 1.807) is 13.0 Å². The van der Waals surface area contributed by atoms with Crippen LogP contribution in [0.15, 0.2) is 18.2 Å². The Morgan fingerprint density at radius 1 is 1.29 bits per heavy atom. The molecule has 2 rings (SSSR count). The maximum absolute atomic E-state index is 14.2. The van der Waals surface area contributed by atoms with E-state index in [2.05, 4.69) is 4.74 Å². The fraction of sp³-hybridized carbons (Fsp3) is 0.400. The van der Waals surface area contributed by atoms with Crippen LogP contribution in [0.2, 0.25) is 0 Å². The van der Waals surface area contributed by atoms with Gasteiger partial charge in [-0.15, -0.1) is 0 Å². The molecular formula is C15H17F2NO3. The smallest absolute Gasteiger partial charge is 0.227 e. The molecule has 0 bridgehead atoms. The van der Waals surface area contributed by atoms with Gasteiger partial charge in [-0.05, 0) is 13.3 Å². The van der Waals surface area contributed by atoms with Gasteiger partial charge in [0.2, 0.25) is 5.91 Å². The maximum Gasteiger partial charge on any atom is 0.227 e. The number of amides is 1. The van der Waals surface area contributed by atoms with Crippen molar-refractivity contribution in [3.8, 4) is 5.75 Å². The van der Waals surface area contributed by atoms with Crippen molar-refractivity contribution in [3.63, 3.8) is 0 Å². The molecule has 4 nitrogen and oxygen atoms in total. The number of carbonyl (C=O) groups excluding carboxylic acids is 1. The quantitative estimate of drug-likeness (QED) is 0.784. The Hall–Kier alpha value is -1.95. The molecule has 21 heavy (non-hydrogen) atoms. The molecule has 0 spiro atoms.